The molecule has 0 spiro atoms. The number of fused-ring (bicyclic) bond motifs is 5. The number of carbonyl (C=O) groups excluding carboxylic acids is 1. The predicted octanol–water partition coefficient (Wildman–Crippen LogP) is 2.67. The van der Waals surface area contributed by atoms with Crippen molar-refractivity contribution < 1.29 is 24.5 Å². The lowest BCUT2D eigenvalue weighted by Crippen LogP contribution is -2.64. The Morgan fingerprint density at radius 2 is 1.92 bits per heavy atom. The SMILES string of the molecule is CCC(=O)O[C@H]1CCC2C3C(O)CC4C[C@@H](O)CC[C@]4(C)C3OC[C@@]21C. The van der Waals surface area contributed by atoms with Crippen LogP contribution in [0.4, 0.5) is 0 Å². The normalized spacial score (nSPS) is 53.3. The van der Waals surface area contributed by atoms with E-state index in [9.17, 15) is 15.0 Å². The van der Waals surface area contributed by atoms with Crippen LogP contribution in [0, 0.1) is 28.6 Å². The second-order valence-corrected chi connectivity index (χ2v) is 9.76. The number of aliphatic hydroxyl groups excluding tert-OH is 2. The van der Waals surface area contributed by atoms with Crippen LogP contribution in [0.2, 0.25) is 0 Å². The Kier molecular flexibility index (Phi) is 4.64. The summed E-state index contributed by atoms with van der Waals surface area (Å²) in [5.41, 5.74) is -0.174. The number of esters is 1. The van der Waals surface area contributed by atoms with Crippen LogP contribution < -0.4 is 0 Å². The summed E-state index contributed by atoms with van der Waals surface area (Å²) >= 11 is 0. The maximum Gasteiger partial charge on any atom is 0.305 e. The fraction of sp³-hybridized carbons (Fsp3) is 0.952. The zero-order valence-corrected chi connectivity index (χ0v) is 16.3. The van der Waals surface area contributed by atoms with Gasteiger partial charge in [0.15, 0.2) is 0 Å². The van der Waals surface area contributed by atoms with E-state index in [0.717, 1.165) is 38.5 Å². The maximum atomic E-state index is 11.9. The quantitative estimate of drug-likeness (QED) is 0.735. The van der Waals surface area contributed by atoms with Crippen LogP contribution in [0.5, 0.6) is 0 Å². The number of ether oxygens (including phenoxy) is 2. The summed E-state index contributed by atoms with van der Waals surface area (Å²) in [5.74, 6) is 0.615. The molecule has 0 radical (unpaired) electrons. The Hall–Kier alpha value is -0.650. The van der Waals surface area contributed by atoms with Gasteiger partial charge in [-0.3, -0.25) is 4.79 Å². The Morgan fingerprint density at radius 1 is 1.15 bits per heavy atom. The molecule has 4 fully saturated rings. The fourth-order valence-electron chi connectivity index (χ4n) is 6.77. The van der Waals surface area contributed by atoms with Crippen LogP contribution in [0.1, 0.15) is 65.7 Å². The Balaban J connectivity index is 1.59. The number of hydrogen-bond acceptors (Lipinski definition) is 5. The van der Waals surface area contributed by atoms with Crippen LogP contribution in [0.25, 0.3) is 0 Å². The molecule has 4 aliphatic rings. The van der Waals surface area contributed by atoms with Gasteiger partial charge in [0.2, 0.25) is 0 Å². The lowest BCUT2D eigenvalue weighted by atomic mass is 9.50. The first kappa shape index (κ1) is 18.7. The summed E-state index contributed by atoms with van der Waals surface area (Å²) in [5, 5.41) is 21.2. The van der Waals surface area contributed by atoms with E-state index in [1.165, 1.54) is 0 Å². The van der Waals surface area contributed by atoms with Gasteiger partial charge in [-0.1, -0.05) is 20.8 Å². The second-order valence-electron chi connectivity index (χ2n) is 9.76. The van der Waals surface area contributed by atoms with Gasteiger partial charge in [-0.25, -0.2) is 0 Å². The van der Waals surface area contributed by atoms with Gasteiger partial charge in [0, 0.05) is 17.8 Å². The molecule has 0 aromatic carbocycles. The summed E-state index contributed by atoms with van der Waals surface area (Å²) in [7, 11) is 0. The molecule has 2 N–H and O–H groups in total. The Morgan fingerprint density at radius 3 is 2.65 bits per heavy atom. The topological polar surface area (TPSA) is 76.0 Å². The first-order valence-electron chi connectivity index (χ1n) is 10.5. The van der Waals surface area contributed by atoms with Gasteiger partial charge in [0.25, 0.3) is 0 Å². The molecule has 5 unspecified atom stereocenters. The van der Waals surface area contributed by atoms with Gasteiger partial charge in [0.05, 0.1) is 24.9 Å². The third-order valence-electron chi connectivity index (χ3n) is 8.40. The minimum absolute atomic E-state index is 0.0304. The fourth-order valence-corrected chi connectivity index (χ4v) is 6.77. The first-order valence-corrected chi connectivity index (χ1v) is 10.5. The zero-order chi connectivity index (χ0) is 18.7. The van der Waals surface area contributed by atoms with Gasteiger partial charge in [-0.15, -0.1) is 0 Å². The third-order valence-corrected chi connectivity index (χ3v) is 8.40. The molecule has 0 aromatic rings. The van der Waals surface area contributed by atoms with Crippen molar-refractivity contribution in [3.8, 4) is 0 Å². The van der Waals surface area contributed by atoms with Gasteiger partial charge < -0.3 is 19.7 Å². The molecule has 1 heterocycles. The molecule has 3 saturated carbocycles. The van der Waals surface area contributed by atoms with Crippen molar-refractivity contribution in [1.82, 2.24) is 0 Å². The summed E-state index contributed by atoms with van der Waals surface area (Å²) in [6, 6.07) is 0. The van der Waals surface area contributed by atoms with E-state index in [1.807, 2.05) is 6.92 Å². The van der Waals surface area contributed by atoms with Crippen molar-refractivity contribution >= 4 is 5.97 Å². The second kappa shape index (κ2) is 6.46. The average Bonchev–Trinajstić information content (AvgIpc) is 2.93. The molecule has 0 aromatic heterocycles. The molecule has 0 amide bonds. The molecule has 1 saturated heterocycles. The van der Waals surface area contributed by atoms with Crippen LogP contribution in [-0.2, 0) is 14.3 Å². The smallest absolute Gasteiger partial charge is 0.305 e. The lowest BCUT2D eigenvalue weighted by Gasteiger charge is -2.61. The molecule has 1 aliphatic heterocycles. The predicted molar refractivity (Wildman–Crippen MR) is 96.3 cm³/mol. The summed E-state index contributed by atoms with van der Waals surface area (Å²) < 4.78 is 12.2. The maximum absolute atomic E-state index is 11.9. The zero-order valence-electron chi connectivity index (χ0n) is 16.3. The van der Waals surface area contributed by atoms with Crippen LogP contribution in [-0.4, -0.2) is 47.2 Å². The van der Waals surface area contributed by atoms with Crippen molar-refractivity contribution in [2.75, 3.05) is 6.61 Å². The van der Waals surface area contributed by atoms with Gasteiger partial charge in [-0.2, -0.15) is 0 Å². The molecule has 3 aliphatic carbocycles. The monoisotopic (exact) mass is 366 g/mol. The minimum atomic E-state index is -0.395. The van der Waals surface area contributed by atoms with E-state index in [2.05, 4.69) is 13.8 Å². The van der Waals surface area contributed by atoms with Crippen LogP contribution in [0.15, 0.2) is 0 Å². The third kappa shape index (κ3) is 2.65. The Bertz CT molecular complexity index is 565. The van der Waals surface area contributed by atoms with Gasteiger partial charge >= 0.3 is 5.97 Å². The lowest BCUT2D eigenvalue weighted by molar-refractivity contribution is -0.253. The molecule has 9 atom stereocenters. The van der Waals surface area contributed by atoms with Crippen LogP contribution in [0.3, 0.4) is 0 Å². The molecular formula is C21H34O5. The molecule has 0 bridgehead atoms. The van der Waals surface area contributed by atoms with Crippen molar-refractivity contribution in [3.05, 3.63) is 0 Å². The highest BCUT2D eigenvalue weighted by atomic mass is 16.5. The minimum Gasteiger partial charge on any atom is -0.462 e. The van der Waals surface area contributed by atoms with E-state index >= 15 is 0 Å². The van der Waals surface area contributed by atoms with E-state index < -0.39 is 6.10 Å². The van der Waals surface area contributed by atoms with E-state index in [-0.39, 0.29) is 41.0 Å². The summed E-state index contributed by atoms with van der Waals surface area (Å²) in [4.78, 5) is 11.9. The van der Waals surface area contributed by atoms with E-state index in [4.69, 9.17) is 9.47 Å². The molecule has 4 rings (SSSR count). The molecule has 5 nitrogen and oxygen atoms in total. The number of aliphatic hydroxyl groups is 2. The van der Waals surface area contributed by atoms with Gasteiger partial charge in [-0.05, 0) is 55.8 Å². The highest BCUT2D eigenvalue weighted by Gasteiger charge is 2.64. The van der Waals surface area contributed by atoms with Crippen molar-refractivity contribution in [2.24, 2.45) is 28.6 Å². The van der Waals surface area contributed by atoms with Crippen molar-refractivity contribution in [1.29, 1.82) is 0 Å². The van der Waals surface area contributed by atoms with Crippen molar-refractivity contribution in [2.45, 2.75) is 90.1 Å². The highest BCUT2D eigenvalue weighted by Crippen LogP contribution is 2.62. The number of carbonyl (C=O) groups is 1. The van der Waals surface area contributed by atoms with Gasteiger partial charge in [0.1, 0.15) is 6.10 Å². The summed E-state index contributed by atoms with van der Waals surface area (Å²) in [6.07, 6.45) is 4.88. The number of hydrogen-bond donors (Lipinski definition) is 2. The highest BCUT2D eigenvalue weighted by molar-refractivity contribution is 5.69. The van der Waals surface area contributed by atoms with E-state index in [0.29, 0.717) is 24.9 Å². The Labute approximate surface area is 156 Å². The molecular weight excluding hydrogens is 332 g/mol. The average molecular weight is 366 g/mol. The molecule has 148 valence electrons. The molecule has 26 heavy (non-hydrogen) atoms. The molecule has 5 heteroatoms. The summed E-state index contributed by atoms with van der Waals surface area (Å²) in [6.45, 7) is 6.91. The number of rotatable bonds is 2. The van der Waals surface area contributed by atoms with E-state index in [1.54, 1.807) is 0 Å². The largest absolute Gasteiger partial charge is 0.462 e. The van der Waals surface area contributed by atoms with Crippen LogP contribution >= 0.6 is 0 Å². The standard InChI is InChI=1S/C21H34O5/c1-4-17(24)26-16-6-5-14-18-15(23)10-12-9-13(22)7-8-20(12,2)19(18)25-11-21(14,16)3/h12-16,18-19,22-23H,4-11H2,1-3H3/t12?,13-,14?,15?,16-,18?,19?,20-,21-/m0/s1. The first-order chi connectivity index (χ1) is 12.3. The van der Waals surface area contributed by atoms with Crippen molar-refractivity contribution in [3.63, 3.8) is 0 Å².